The third-order valence-corrected chi connectivity index (χ3v) is 3.73. The fourth-order valence-corrected chi connectivity index (χ4v) is 2.68. The molecule has 2 heterocycles. The number of aromatic nitrogens is 2. The third-order valence-electron chi connectivity index (χ3n) is 3.73. The van der Waals surface area contributed by atoms with Crippen molar-refractivity contribution in [3.63, 3.8) is 0 Å². The van der Waals surface area contributed by atoms with Gasteiger partial charge in [-0.2, -0.15) is 18.3 Å². The fraction of sp³-hybridized carbons (Fsp3) is 0.714. The van der Waals surface area contributed by atoms with Crippen molar-refractivity contribution < 1.29 is 22.7 Å². The molecular weight excluding hydrogens is 313 g/mol. The number of ether oxygens (including phenoxy) is 1. The lowest BCUT2D eigenvalue weighted by Crippen LogP contribution is -2.42. The standard InChI is InChI=1S/C14H21F3N4O2/c1-9(7-23-8-14(15,16)17)20-13(22)12-5-18-4-11(12)10-3-19-21(2)6-10/h3,6,9,11-12,18H,4-5,7-8H2,1-2H3,(H,20,22)/t9?,11-,12+/m1/s1. The van der Waals surface area contributed by atoms with E-state index in [1.165, 1.54) is 0 Å². The number of carbonyl (C=O) groups excluding carboxylic acids is 1. The number of halogens is 3. The van der Waals surface area contributed by atoms with Gasteiger partial charge in [0.25, 0.3) is 0 Å². The van der Waals surface area contributed by atoms with Gasteiger partial charge in [-0.1, -0.05) is 0 Å². The highest BCUT2D eigenvalue weighted by molar-refractivity contribution is 5.80. The number of nitrogens with zero attached hydrogens (tertiary/aromatic N) is 2. The van der Waals surface area contributed by atoms with Crippen LogP contribution in [0.1, 0.15) is 18.4 Å². The summed E-state index contributed by atoms with van der Waals surface area (Å²) >= 11 is 0. The first-order valence-corrected chi connectivity index (χ1v) is 7.40. The van der Waals surface area contributed by atoms with Crippen molar-refractivity contribution in [2.24, 2.45) is 13.0 Å². The summed E-state index contributed by atoms with van der Waals surface area (Å²) in [5.41, 5.74) is 0.971. The Hall–Kier alpha value is -1.61. The molecule has 23 heavy (non-hydrogen) atoms. The van der Waals surface area contributed by atoms with Gasteiger partial charge in [-0.3, -0.25) is 9.48 Å². The van der Waals surface area contributed by atoms with Crippen molar-refractivity contribution in [1.82, 2.24) is 20.4 Å². The highest BCUT2D eigenvalue weighted by Gasteiger charge is 2.35. The Kier molecular flexibility index (Phi) is 5.64. The van der Waals surface area contributed by atoms with Crippen molar-refractivity contribution in [3.8, 4) is 0 Å². The van der Waals surface area contributed by atoms with E-state index in [0.29, 0.717) is 13.1 Å². The number of hydrogen-bond donors (Lipinski definition) is 2. The molecule has 1 aromatic heterocycles. The van der Waals surface area contributed by atoms with Crippen LogP contribution in [0.2, 0.25) is 0 Å². The zero-order valence-corrected chi connectivity index (χ0v) is 13.1. The topological polar surface area (TPSA) is 68.2 Å². The summed E-state index contributed by atoms with van der Waals surface area (Å²) in [5.74, 6) is -0.455. The normalized spacial score (nSPS) is 23.0. The van der Waals surface area contributed by atoms with Gasteiger partial charge in [-0.05, 0) is 12.5 Å². The van der Waals surface area contributed by atoms with Gasteiger partial charge in [-0.25, -0.2) is 0 Å². The molecule has 1 unspecified atom stereocenters. The molecule has 1 fully saturated rings. The van der Waals surface area contributed by atoms with E-state index in [1.807, 2.05) is 6.20 Å². The van der Waals surface area contributed by atoms with Crippen LogP contribution in [0.5, 0.6) is 0 Å². The van der Waals surface area contributed by atoms with Gasteiger partial charge in [0, 0.05) is 38.3 Å². The average Bonchev–Trinajstić information content (AvgIpc) is 3.04. The van der Waals surface area contributed by atoms with Crippen LogP contribution in [-0.4, -0.2) is 54.2 Å². The molecular formula is C14H21F3N4O2. The van der Waals surface area contributed by atoms with E-state index in [0.717, 1.165) is 5.56 Å². The van der Waals surface area contributed by atoms with Crippen molar-refractivity contribution in [3.05, 3.63) is 18.0 Å². The van der Waals surface area contributed by atoms with Crippen molar-refractivity contribution in [1.29, 1.82) is 0 Å². The summed E-state index contributed by atoms with van der Waals surface area (Å²) in [6.07, 6.45) is -0.758. The number of amides is 1. The molecule has 9 heteroatoms. The predicted molar refractivity (Wildman–Crippen MR) is 76.8 cm³/mol. The molecule has 0 radical (unpaired) electrons. The van der Waals surface area contributed by atoms with Crippen molar-refractivity contribution in [2.45, 2.75) is 25.1 Å². The lowest BCUT2D eigenvalue weighted by Gasteiger charge is -2.20. The average molecular weight is 334 g/mol. The second-order valence-electron chi connectivity index (χ2n) is 5.86. The lowest BCUT2D eigenvalue weighted by atomic mass is 9.90. The SMILES string of the molecule is CC(COCC(F)(F)F)NC(=O)[C@H]1CNC[C@@H]1c1cnn(C)c1. The minimum atomic E-state index is -4.36. The third kappa shape index (κ3) is 5.21. The molecule has 1 aromatic rings. The van der Waals surface area contributed by atoms with Crippen molar-refractivity contribution in [2.75, 3.05) is 26.3 Å². The minimum absolute atomic E-state index is 0.00648. The van der Waals surface area contributed by atoms with Crippen LogP contribution in [0, 0.1) is 5.92 Å². The molecule has 6 nitrogen and oxygen atoms in total. The second kappa shape index (κ2) is 7.31. The van der Waals surface area contributed by atoms with Crippen LogP contribution in [0.3, 0.4) is 0 Å². The molecule has 130 valence electrons. The zero-order chi connectivity index (χ0) is 17.0. The smallest absolute Gasteiger partial charge is 0.370 e. The summed E-state index contributed by atoms with van der Waals surface area (Å²) in [7, 11) is 1.81. The summed E-state index contributed by atoms with van der Waals surface area (Å²) in [5, 5.41) is 10.00. The Morgan fingerprint density at radius 1 is 1.57 bits per heavy atom. The Balaban J connectivity index is 1.84. The quantitative estimate of drug-likeness (QED) is 0.808. The predicted octanol–water partition coefficient (Wildman–Crippen LogP) is 0.807. The molecule has 0 spiro atoms. The summed E-state index contributed by atoms with van der Waals surface area (Å²) in [4.78, 5) is 12.4. The first-order valence-electron chi connectivity index (χ1n) is 7.40. The van der Waals surface area contributed by atoms with Gasteiger partial charge in [-0.15, -0.1) is 0 Å². The highest BCUT2D eigenvalue weighted by atomic mass is 19.4. The minimum Gasteiger partial charge on any atom is -0.370 e. The highest BCUT2D eigenvalue weighted by Crippen LogP contribution is 2.28. The Labute approximate surface area is 132 Å². The largest absolute Gasteiger partial charge is 0.411 e. The van der Waals surface area contributed by atoms with Gasteiger partial charge in [0.2, 0.25) is 5.91 Å². The molecule has 3 atom stereocenters. The Bertz CT molecular complexity index is 532. The van der Waals surface area contributed by atoms with Crippen LogP contribution < -0.4 is 10.6 Å². The van der Waals surface area contributed by atoms with Gasteiger partial charge >= 0.3 is 6.18 Å². The monoisotopic (exact) mass is 334 g/mol. The summed E-state index contributed by atoms with van der Waals surface area (Å²) in [6, 6.07) is -0.486. The second-order valence-corrected chi connectivity index (χ2v) is 5.86. The van der Waals surface area contributed by atoms with E-state index in [-0.39, 0.29) is 24.3 Å². The Morgan fingerprint density at radius 2 is 2.30 bits per heavy atom. The van der Waals surface area contributed by atoms with E-state index in [1.54, 1.807) is 24.9 Å². The lowest BCUT2D eigenvalue weighted by molar-refractivity contribution is -0.175. The van der Waals surface area contributed by atoms with E-state index in [4.69, 9.17) is 0 Å². The molecule has 2 rings (SSSR count). The van der Waals surface area contributed by atoms with Crippen LogP contribution in [0.25, 0.3) is 0 Å². The molecule has 1 saturated heterocycles. The molecule has 0 aliphatic carbocycles. The van der Waals surface area contributed by atoms with E-state index >= 15 is 0 Å². The molecule has 0 bridgehead atoms. The van der Waals surface area contributed by atoms with Gasteiger partial charge in [0.15, 0.2) is 0 Å². The summed E-state index contributed by atoms with van der Waals surface area (Å²) in [6.45, 7) is 1.33. The van der Waals surface area contributed by atoms with Crippen LogP contribution in [-0.2, 0) is 16.6 Å². The Morgan fingerprint density at radius 3 is 2.91 bits per heavy atom. The number of carbonyl (C=O) groups is 1. The summed E-state index contributed by atoms with van der Waals surface area (Å²) < 4.78 is 42.3. The zero-order valence-electron chi connectivity index (χ0n) is 13.1. The molecule has 1 aliphatic rings. The first-order chi connectivity index (χ1) is 10.8. The number of nitrogens with one attached hydrogen (secondary N) is 2. The molecule has 1 amide bonds. The molecule has 0 saturated carbocycles. The molecule has 0 aromatic carbocycles. The molecule has 1 aliphatic heterocycles. The first kappa shape index (κ1) is 17.7. The van der Waals surface area contributed by atoms with Crippen LogP contribution in [0.15, 0.2) is 12.4 Å². The van der Waals surface area contributed by atoms with Crippen LogP contribution in [0.4, 0.5) is 13.2 Å². The number of alkyl halides is 3. The van der Waals surface area contributed by atoms with Crippen molar-refractivity contribution >= 4 is 5.91 Å². The fourth-order valence-electron chi connectivity index (χ4n) is 2.68. The number of rotatable bonds is 6. The van der Waals surface area contributed by atoms with Gasteiger partial charge < -0.3 is 15.4 Å². The number of hydrogen-bond acceptors (Lipinski definition) is 4. The maximum atomic E-state index is 12.4. The number of aryl methyl sites for hydroxylation is 1. The maximum Gasteiger partial charge on any atom is 0.411 e. The van der Waals surface area contributed by atoms with Gasteiger partial charge in [0.05, 0.1) is 18.7 Å². The van der Waals surface area contributed by atoms with E-state index < -0.39 is 18.8 Å². The van der Waals surface area contributed by atoms with Crippen LogP contribution >= 0.6 is 0 Å². The molecule has 2 N–H and O–H groups in total. The van der Waals surface area contributed by atoms with E-state index in [9.17, 15) is 18.0 Å². The van der Waals surface area contributed by atoms with E-state index in [2.05, 4.69) is 20.5 Å². The maximum absolute atomic E-state index is 12.4. The van der Waals surface area contributed by atoms with Gasteiger partial charge in [0.1, 0.15) is 6.61 Å².